The third kappa shape index (κ3) is 3.42. The molecule has 0 atom stereocenters. The number of rotatable bonds is 3. The fourth-order valence-corrected chi connectivity index (χ4v) is 6.25. The molecular formula is C34H26O6. The second-order valence-corrected chi connectivity index (χ2v) is 10.3. The summed E-state index contributed by atoms with van der Waals surface area (Å²) in [6.45, 7) is 0. The molecule has 0 bridgehead atoms. The Bertz CT molecular complexity index is 1920. The summed E-state index contributed by atoms with van der Waals surface area (Å²) in [4.78, 5) is 0. The highest BCUT2D eigenvalue weighted by atomic mass is 16.4. The molecule has 198 valence electrons. The molecule has 40 heavy (non-hydrogen) atoms. The summed E-state index contributed by atoms with van der Waals surface area (Å²) >= 11 is 0. The van der Waals surface area contributed by atoms with Gasteiger partial charge >= 0.3 is 0 Å². The van der Waals surface area contributed by atoms with Crippen LogP contribution in [0.5, 0.6) is 28.7 Å². The lowest BCUT2D eigenvalue weighted by Gasteiger charge is -2.27. The maximum Gasteiger partial charge on any atom is 0.208 e. The van der Waals surface area contributed by atoms with Crippen LogP contribution in [0, 0.1) is 0 Å². The molecule has 5 aromatic carbocycles. The van der Waals surface area contributed by atoms with Crippen molar-refractivity contribution in [1.82, 2.24) is 0 Å². The lowest BCUT2D eigenvalue weighted by molar-refractivity contribution is 0.330. The van der Waals surface area contributed by atoms with Crippen LogP contribution >= 0.6 is 0 Å². The third-order valence-corrected chi connectivity index (χ3v) is 8.11. The number of aromatic hydroxyl groups is 5. The van der Waals surface area contributed by atoms with Gasteiger partial charge in [0.25, 0.3) is 0 Å². The van der Waals surface area contributed by atoms with Gasteiger partial charge in [0.05, 0.1) is 11.8 Å². The molecule has 6 nitrogen and oxygen atoms in total. The van der Waals surface area contributed by atoms with Gasteiger partial charge < -0.3 is 29.9 Å². The largest absolute Gasteiger partial charge is 0.504 e. The summed E-state index contributed by atoms with van der Waals surface area (Å²) in [5.41, 5.74) is 7.37. The topological polar surface area (TPSA) is 114 Å². The Morgan fingerprint density at radius 3 is 1.75 bits per heavy atom. The first-order valence-electron chi connectivity index (χ1n) is 13.3. The minimum absolute atomic E-state index is 0.0999. The van der Waals surface area contributed by atoms with Crippen molar-refractivity contribution in [3.63, 3.8) is 0 Å². The number of fused-ring (bicyclic) bond motifs is 3. The van der Waals surface area contributed by atoms with Crippen LogP contribution in [0.4, 0.5) is 0 Å². The molecular weight excluding hydrogens is 504 g/mol. The molecule has 0 fully saturated rings. The highest BCUT2D eigenvalue weighted by Crippen LogP contribution is 2.58. The summed E-state index contributed by atoms with van der Waals surface area (Å²) in [5, 5.41) is 55.3. The molecule has 0 radical (unpaired) electrons. The first kappa shape index (κ1) is 24.0. The smallest absolute Gasteiger partial charge is 0.208 e. The first-order chi connectivity index (χ1) is 19.5. The summed E-state index contributed by atoms with van der Waals surface area (Å²) < 4.78 is 6.06. The molecule has 1 aromatic heterocycles. The fraction of sp³-hybridized carbons (Fsp3) is 0.118. The molecule has 0 amide bonds. The third-order valence-electron chi connectivity index (χ3n) is 8.11. The van der Waals surface area contributed by atoms with Crippen LogP contribution in [-0.2, 0) is 12.8 Å². The molecule has 0 unspecified atom stereocenters. The van der Waals surface area contributed by atoms with Crippen LogP contribution in [0.1, 0.15) is 24.0 Å². The number of hydrogen-bond acceptors (Lipinski definition) is 6. The first-order valence-corrected chi connectivity index (χ1v) is 13.3. The van der Waals surface area contributed by atoms with Crippen LogP contribution in [0.25, 0.3) is 55.1 Å². The minimum atomic E-state index is -0.965. The van der Waals surface area contributed by atoms with Gasteiger partial charge in [-0.2, -0.15) is 0 Å². The van der Waals surface area contributed by atoms with Gasteiger partial charge in [0.1, 0.15) is 5.58 Å². The molecule has 0 saturated heterocycles. The van der Waals surface area contributed by atoms with Crippen LogP contribution in [0.2, 0.25) is 0 Å². The molecule has 5 N–H and O–H groups in total. The SMILES string of the molecule is Oc1c(O)c(O)c(-c2c3c(c(-c4coc5ccc(-c6ccccc6)cc45)c4ccccc24)CCCC3)c(O)c1O. The number of benzene rings is 5. The van der Waals surface area contributed by atoms with E-state index in [1.807, 2.05) is 48.5 Å². The molecule has 6 aromatic rings. The van der Waals surface area contributed by atoms with E-state index in [1.165, 1.54) is 0 Å². The second kappa shape index (κ2) is 8.99. The van der Waals surface area contributed by atoms with E-state index in [2.05, 4.69) is 24.3 Å². The van der Waals surface area contributed by atoms with Crippen molar-refractivity contribution >= 4 is 21.7 Å². The average molecular weight is 531 g/mol. The Hall–Kier alpha value is -5.10. The maximum atomic E-state index is 10.9. The van der Waals surface area contributed by atoms with Crippen molar-refractivity contribution in [1.29, 1.82) is 0 Å². The monoisotopic (exact) mass is 530 g/mol. The summed E-state index contributed by atoms with van der Waals surface area (Å²) in [6, 6.07) is 24.1. The number of furan rings is 1. The molecule has 1 heterocycles. The summed E-state index contributed by atoms with van der Waals surface area (Å²) in [5.74, 6) is -4.08. The van der Waals surface area contributed by atoms with Crippen molar-refractivity contribution in [3.8, 4) is 62.1 Å². The van der Waals surface area contributed by atoms with Crippen LogP contribution < -0.4 is 0 Å². The average Bonchev–Trinajstić information content (AvgIpc) is 3.42. The number of phenolic OH excluding ortho intramolecular Hbond substituents is 5. The van der Waals surface area contributed by atoms with Crippen LogP contribution in [0.3, 0.4) is 0 Å². The molecule has 0 aliphatic heterocycles. The van der Waals surface area contributed by atoms with Gasteiger partial charge in [0.2, 0.25) is 17.2 Å². The van der Waals surface area contributed by atoms with Crippen molar-refractivity contribution < 1.29 is 29.9 Å². The molecule has 6 heteroatoms. The fourth-order valence-electron chi connectivity index (χ4n) is 6.25. The quantitative estimate of drug-likeness (QED) is 0.117. The van der Waals surface area contributed by atoms with Gasteiger partial charge in [-0.15, -0.1) is 0 Å². The Balaban J connectivity index is 1.58. The van der Waals surface area contributed by atoms with Gasteiger partial charge in [-0.1, -0.05) is 60.7 Å². The molecule has 1 aliphatic rings. The van der Waals surface area contributed by atoms with Gasteiger partial charge in [-0.25, -0.2) is 0 Å². The second-order valence-electron chi connectivity index (χ2n) is 10.3. The Labute approximate surface area is 229 Å². The zero-order chi connectivity index (χ0) is 27.5. The predicted octanol–water partition coefficient (Wildman–Crippen LogP) is 7.99. The maximum absolute atomic E-state index is 10.9. The van der Waals surface area contributed by atoms with Crippen molar-refractivity contribution in [2.45, 2.75) is 25.7 Å². The van der Waals surface area contributed by atoms with Gasteiger partial charge in [0.15, 0.2) is 11.5 Å². The lowest BCUT2D eigenvalue weighted by Crippen LogP contribution is -2.08. The Kier molecular flexibility index (Phi) is 5.39. The molecule has 0 spiro atoms. The minimum Gasteiger partial charge on any atom is -0.504 e. The van der Waals surface area contributed by atoms with Gasteiger partial charge in [-0.05, 0) is 76.4 Å². The molecule has 1 aliphatic carbocycles. The summed E-state index contributed by atoms with van der Waals surface area (Å²) in [6.07, 6.45) is 5.11. The van der Waals surface area contributed by atoms with Gasteiger partial charge in [-0.3, -0.25) is 0 Å². The zero-order valence-electron chi connectivity index (χ0n) is 21.5. The van der Waals surface area contributed by atoms with E-state index in [-0.39, 0.29) is 5.56 Å². The highest BCUT2D eigenvalue weighted by Gasteiger charge is 2.31. The van der Waals surface area contributed by atoms with E-state index in [1.54, 1.807) is 6.26 Å². The highest BCUT2D eigenvalue weighted by molar-refractivity contribution is 6.13. The summed E-state index contributed by atoms with van der Waals surface area (Å²) in [7, 11) is 0. The van der Waals surface area contributed by atoms with E-state index >= 15 is 0 Å². The van der Waals surface area contributed by atoms with Crippen LogP contribution in [-0.4, -0.2) is 25.5 Å². The van der Waals surface area contributed by atoms with Crippen molar-refractivity contribution in [2.24, 2.45) is 0 Å². The zero-order valence-corrected chi connectivity index (χ0v) is 21.5. The molecule has 0 saturated carbocycles. The predicted molar refractivity (Wildman–Crippen MR) is 155 cm³/mol. The number of phenols is 5. The normalized spacial score (nSPS) is 13.1. The van der Waals surface area contributed by atoms with Gasteiger partial charge in [0, 0.05) is 16.5 Å². The Morgan fingerprint density at radius 2 is 1.07 bits per heavy atom. The van der Waals surface area contributed by atoms with Crippen molar-refractivity contribution in [3.05, 3.63) is 90.2 Å². The van der Waals surface area contributed by atoms with Crippen LogP contribution in [0.15, 0.2) is 83.5 Å². The molecule has 7 rings (SSSR count). The lowest BCUT2D eigenvalue weighted by atomic mass is 9.77. The van der Waals surface area contributed by atoms with E-state index < -0.39 is 28.7 Å². The Morgan fingerprint density at radius 1 is 0.500 bits per heavy atom. The van der Waals surface area contributed by atoms with E-state index in [0.29, 0.717) is 12.0 Å². The van der Waals surface area contributed by atoms with E-state index in [9.17, 15) is 25.5 Å². The van der Waals surface area contributed by atoms with E-state index in [4.69, 9.17) is 4.42 Å². The standard InChI is InChI=1S/C34H26O6/c35-30-29(31(36)33(38)34(39)32(30)37)28-22-12-6-4-10-20(22)27(21-11-5-7-13-23(21)28)25-17-40-26-15-14-19(16-24(25)26)18-8-2-1-3-9-18/h1-4,6,8-10,12,14-17,35-39H,5,7,11,13H2. The number of hydrogen-bond donors (Lipinski definition) is 5. The van der Waals surface area contributed by atoms with E-state index in [0.717, 1.165) is 74.4 Å². The van der Waals surface area contributed by atoms with Crippen molar-refractivity contribution in [2.75, 3.05) is 0 Å².